The van der Waals surface area contributed by atoms with Gasteiger partial charge in [0.15, 0.2) is 18.2 Å². The first-order chi connectivity index (χ1) is 8.83. The quantitative estimate of drug-likeness (QED) is 0.704. The number of hydrogen-bond donors (Lipinski definition) is 0. The molecule has 0 N–H and O–H groups in total. The number of carbonyl (C=O) groups excluding carboxylic acids is 1. The fourth-order valence-electron chi connectivity index (χ4n) is 2.60. The summed E-state index contributed by atoms with van der Waals surface area (Å²) in [4.78, 5) is 12.6. The first kappa shape index (κ1) is 13.5. The van der Waals surface area contributed by atoms with Gasteiger partial charge in [0.05, 0.1) is 6.61 Å². The first-order valence-electron chi connectivity index (χ1n) is 6.66. The summed E-state index contributed by atoms with van der Waals surface area (Å²) in [6.07, 6.45) is -1.34. The number of fused-ring (bicyclic) bond motifs is 1. The van der Waals surface area contributed by atoms with Crippen molar-refractivity contribution in [2.24, 2.45) is 5.92 Å². The van der Waals surface area contributed by atoms with E-state index in [1.807, 2.05) is 13.8 Å². The summed E-state index contributed by atoms with van der Waals surface area (Å²) < 4.78 is 28.1. The molecule has 4 atom stereocenters. The highest BCUT2D eigenvalue weighted by atomic mass is 16.8. The molecule has 0 saturated carbocycles. The van der Waals surface area contributed by atoms with Crippen LogP contribution < -0.4 is 0 Å². The van der Waals surface area contributed by atoms with Crippen LogP contribution in [0.25, 0.3) is 0 Å². The van der Waals surface area contributed by atoms with Crippen molar-refractivity contribution in [3.8, 4) is 0 Å². The third kappa shape index (κ3) is 2.11. The fourth-order valence-corrected chi connectivity index (χ4v) is 2.60. The van der Waals surface area contributed by atoms with Crippen LogP contribution in [0.1, 0.15) is 27.7 Å². The van der Waals surface area contributed by atoms with E-state index in [0.29, 0.717) is 0 Å². The minimum atomic E-state index is -1.33. The van der Waals surface area contributed by atoms with Crippen LogP contribution in [-0.4, -0.2) is 49.1 Å². The molecule has 3 fully saturated rings. The van der Waals surface area contributed by atoms with E-state index in [4.69, 9.17) is 23.7 Å². The van der Waals surface area contributed by atoms with Gasteiger partial charge in [-0.15, -0.1) is 0 Å². The number of ketones is 1. The van der Waals surface area contributed by atoms with E-state index in [1.165, 1.54) is 0 Å². The molecule has 1 unspecified atom stereocenters. The van der Waals surface area contributed by atoms with Crippen molar-refractivity contribution in [3.63, 3.8) is 0 Å². The van der Waals surface area contributed by atoms with Crippen LogP contribution in [-0.2, 0) is 28.5 Å². The lowest BCUT2D eigenvalue weighted by Crippen LogP contribution is -2.58. The Kier molecular flexibility index (Phi) is 3.00. The van der Waals surface area contributed by atoms with E-state index in [9.17, 15) is 4.79 Å². The van der Waals surface area contributed by atoms with Crippen molar-refractivity contribution in [2.75, 3.05) is 13.2 Å². The van der Waals surface area contributed by atoms with Gasteiger partial charge in [-0.1, -0.05) is 13.8 Å². The molecule has 3 aliphatic rings. The van der Waals surface area contributed by atoms with Gasteiger partial charge >= 0.3 is 0 Å². The van der Waals surface area contributed by atoms with Gasteiger partial charge < -0.3 is 23.7 Å². The van der Waals surface area contributed by atoms with Crippen LogP contribution in [0.2, 0.25) is 0 Å². The zero-order valence-corrected chi connectivity index (χ0v) is 11.7. The van der Waals surface area contributed by atoms with Crippen molar-refractivity contribution < 1.29 is 28.5 Å². The average Bonchev–Trinajstić information content (AvgIpc) is 2.87. The Morgan fingerprint density at radius 2 is 1.95 bits per heavy atom. The van der Waals surface area contributed by atoms with Gasteiger partial charge in [-0.05, 0) is 13.8 Å². The second kappa shape index (κ2) is 4.23. The number of ether oxygens (including phenoxy) is 5. The molecule has 6 heteroatoms. The van der Waals surface area contributed by atoms with Gasteiger partial charge in [0, 0.05) is 5.92 Å². The average molecular weight is 272 g/mol. The number of hydrogen-bond acceptors (Lipinski definition) is 6. The highest BCUT2D eigenvalue weighted by molar-refractivity contribution is 5.92. The Morgan fingerprint density at radius 1 is 1.21 bits per heavy atom. The van der Waals surface area contributed by atoms with Gasteiger partial charge in [0.25, 0.3) is 5.79 Å². The van der Waals surface area contributed by atoms with E-state index in [2.05, 4.69) is 0 Å². The molecule has 0 amide bonds. The fraction of sp³-hybridized carbons (Fsp3) is 0.923. The second-order valence-corrected chi connectivity index (χ2v) is 6.06. The first-order valence-corrected chi connectivity index (χ1v) is 6.66. The molecular weight excluding hydrogens is 252 g/mol. The lowest BCUT2D eigenvalue weighted by atomic mass is 9.99. The van der Waals surface area contributed by atoms with E-state index < -0.39 is 17.7 Å². The highest BCUT2D eigenvalue weighted by Gasteiger charge is 2.61. The minimum absolute atomic E-state index is 0.0950. The van der Waals surface area contributed by atoms with Gasteiger partial charge in [-0.25, -0.2) is 0 Å². The third-order valence-corrected chi connectivity index (χ3v) is 3.61. The number of Topliss-reactive ketones (excluding diaryl/α,β-unsaturated/α-hetero) is 1. The monoisotopic (exact) mass is 272 g/mol. The Balaban J connectivity index is 1.78. The predicted molar refractivity (Wildman–Crippen MR) is 63.2 cm³/mol. The normalized spacial score (nSPS) is 45.1. The smallest absolute Gasteiger partial charge is 0.258 e. The van der Waals surface area contributed by atoms with Crippen LogP contribution >= 0.6 is 0 Å². The van der Waals surface area contributed by atoms with Crippen molar-refractivity contribution in [1.29, 1.82) is 0 Å². The summed E-state index contributed by atoms with van der Waals surface area (Å²) in [7, 11) is 0. The zero-order chi connectivity index (χ0) is 13.8. The lowest BCUT2D eigenvalue weighted by Gasteiger charge is -2.35. The Labute approximate surface area is 112 Å². The van der Waals surface area contributed by atoms with Gasteiger partial charge in [0.1, 0.15) is 12.7 Å². The molecule has 0 aromatic rings. The maximum atomic E-state index is 12.6. The third-order valence-electron chi connectivity index (χ3n) is 3.61. The largest absolute Gasteiger partial charge is 0.344 e. The molecule has 19 heavy (non-hydrogen) atoms. The number of rotatable bonds is 1. The molecular formula is C13H20O6. The van der Waals surface area contributed by atoms with Gasteiger partial charge in [-0.3, -0.25) is 4.79 Å². The molecule has 3 saturated heterocycles. The van der Waals surface area contributed by atoms with E-state index in [1.54, 1.807) is 13.8 Å². The van der Waals surface area contributed by atoms with Crippen LogP contribution in [0.15, 0.2) is 0 Å². The molecule has 0 radical (unpaired) electrons. The summed E-state index contributed by atoms with van der Waals surface area (Å²) >= 11 is 0. The molecule has 0 bridgehead atoms. The van der Waals surface area contributed by atoms with Gasteiger partial charge in [-0.2, -0.15) is 0 Å². The molecule has 3 heterocycles. The minimum Gasteiger partial charge on any atom is -0.344 e. The zero-order valence-electron chi connectivity index (χ0n) is 11.7. The Morgan fingerprint density at radius 3 is 2.53 bits per heavy atom. The lowest BCUT2D eigenvalue weighted by molar-refractivity contribution is -0.263. The Bertz CT molecular complexity index is 393. The molecule has 3 aliphatic heterocycles. The highest BCUT2D eigenvalue weighted by Crippen LogP contribution is 2.40. The summed E-state index contributed by atoms with van der Waals surface area (Å²) in [6.45, 7) is 7.86. The molecule has 0 aromatic heterocycles. The van der Waals surface area contributed by atoms with Crippen LogP contribution in [0.4, 0.5) is 0 Å². The summed E-state index contributed by atoms with van der Waals surface area (Å²) in [5, 5.41) is 0. The van der Waals surface area contributed by atoms with Gasteiger partial charge in [0.2, 0.25) is 5.78 Å². The van der Waals surface area contributed by atoms with Crippen molar-refractivity contribution in [2.45, 2.75) is 57.8 Å². The second-order valence-electron chi connectivity index (χ2n) is 6.06. The molecule has 1 spiro atoms. The maximum Gasteiger partial charge on any atom is 0.258 e. The van der Waals surface area contributed by atoms with Crippen molar-refractivity contribution in [1.82, 2.24) is 0 Å². The molecule has 0 aromatic carbocycles. The molecule has 6 nitrogen and oxygen atoms in total. The Hall–Kier alpha value is -0.530. The van der Waals surface area contributed by atoms with Crippen molar-refractivity contribution >= 4 is 5.78 Å². The van der Waals surface area contributed by atoms with Crippen LogP contribution in [0.5, 0.6) is 0 Å². The summed E-state index contributed by atoms with van der Waals surface area (Å²) in [5.74, 6) is -2.21. The van der Waals surface area contributed by atoms with E-state index >= 15 is 0 Å². The summed E-state index contributed by atoms with van der Waals surface area (Å²) in [6, 6.07) is 0. The molecule has 108 valence electrons. The van der Waals surface area contributed by atoms with Crippen molar-refractivity contribution in [3.05, 3.63) is 0 Å². The van der Waals surface area contributed by atoms with E-state index in [-0.39, 0.29) is 37.3 Å². The standard InChI is InChI=1S/C13H20O6/c1-7(2)11-17-8-5-15-13(10(14)9(8)18-11)6-16-12(3,4)19-13/h7-9,11H,5-6H2,1-4H3/t8-,9-,11?,13+/m1/s1. The number of carbonyl (C=O) groups is 1. The predicted octanol–water partition coefficient (Wildman–Crippen LogP) is 0.831. The molecule has 0 aliphatic carbocycles. The maximum absolute atomic E-state index is 12.6. The SMILES string of the molecule is CC(C)C1O[C@@H]2CO[C@]3(COC(C)(C)O3)C(=O)[C@@H]2O1. The van der Waals surface area contributed by atoms with Crippen LogP contribution in [0.3, 0.4) is 0 Å². The molecule has 3 rings (SSSR count). The van der Waals surface area contributed by atoms with E-state index in [0.717, 1.165) is 0 Å². The topological polar surface area (TPSA) is 63.2 Å². The summed E-state index contributed by atoms with van der Waals surface area (Å²) in [5.41, 5.74) is 0. The van der Waals surface area contributed by atoms with Crippen LogP contribution in [0, 0.1) is 5.92 Å².